The zero-order valence-electron chi connectivity index (χ0n) is 26.4. The summed E-state index contributed by atoms with van der Waals surface area (Å²) < 4.78 is 13.5. The highest BCUT2D eigenvalue weighted by atomic mass is 16.7. The Balaban J connectivity index is 1.11. The molecule has 0 spiro atoms. The molecule has 240 valence electrons. The summed E-state index contributed by atoms with van der Waals surface area (Å²) in [5, 5.41) is 12.6. The molecular formula is C37H43N5O4. The third-order valence-electron chi connectivity index (χ3n) is 9.80. The number of benzene rings is 3. The molecule has 0 bridgehead atoms. The summed E-state index contributed by atoms with van der Waals surface area (Å²) in [6, 6.07) is 23.8. The van der Waals surface area contributed by atoms with Crippen molar-refractivity contribution in [3.63, 3.8) is 0 Å². The highest BCUT2D eigenvalue weighted by Crippen LogP contribution is 2.42. The van der Waals surface area contributed by atoms with E-state index >= 15 is 0 Å². The van der Waals surface area contributed by atoms with Crippen LogP contribution in [0.5, 0.6) is 0 Å². The molecule has 0 saturated carbocycles. The van der Waals surface area contributed by atoms with Crippen LogP contribution in [0, 0.1) is 5.92 Å². The molecule has 3 aromatic carbocycles. The summed E-state index contributed by atoms with van der Waals surface area (Å²) in [6.07, 6.45) is 5.71. The quantitative estimate of drug-likeness (QED) is 0.245. The van der Waals surface area contributed by atoms with Gasteiger partial charge in [0.05, 0.1) is 36.0 Å². The number of hydrogen-bond donors (Lipinski definition) is 2. The second kappa shape index (κ2) is 13.9. The number of rotatable bonds is 9. The number of amides is 1. The molecule has 3 saturated heterocycles. The zero-order valence-corrected chi connectivity index (χ0v) is 26.4. The van der Waals surface area contributed by atoms with Crippen molar-refractivity contribution in [2.24, 2.45) is 5.92 Å². The van der Waals surface area contributed by atoms with Crippen LogP contribution in [-0.2, 0) is 16.1 Å². The number of aromatic nitrogens is 2. The minimum atomic E-state index is -0.610. The van der Waals surface area contributed by atoms with Crippen molar-refractivity contribution in [3.05, 3.63) is 101 Å². The van der Waals surface area contributed by atoms with Crippen LogP contribution in [0.4, 0.5) is 5.69 Å². The average molecular weight is 622 g/mol. The third-order valence-corrected chi connectivity index (χ3v) is 9.80. The molecule has 3 aliphatic rings. The van der Waals surface area contributed by atoms with E-state index in [1.54, 1.807) is 0 Å². The Labute approximate surface area is 270 Å². The molecule has 3 aliphatic heterocycles. The molecule has 7 rings (SSSR count). The molecule has 4 aromatic rings. The Bertz CT molecular complexity index is 1640. The number of likely N-dealkylation sites (tertiary alicyclic amines) is 2. The number of aliphatic hydroxyl groups is 1. The molecule has 1 aromatic heterocycles. The highest BCUT2D eigenvalue weighted by molar-refractivity contribution is 6.03. The minimum Gasteiger partial charge on any atom is -0.392 e. The summed E-state index contributed by atoms with van der Waals surface area (Å²) in [5.74, 6) is -0.217. The molecule has 4 heterocycles. The van der Waals surface area contributed by atoms with E-state index in [1.165, 1.54) is 45.0 Å². The lowest BCUT2D eigenvalue weighted by molar-refractivity contribution is -0.276. The van der Waals surface area contributed by atoms with Crippen LogP contribution in [0.1, 0.15) is 72.2 Å². The number of nitrogens with one attached hydrogen (secondary N) is 1. The lowest BCUT2D eigenvalue weighted by atomic mass is 9.90. The monoisotopic (exact) mass is 621 g/mol. The number of ether oxygens (including phenoxy) is 2. The summed E-state index contributed by atoms with van der Waals surface area (Å²) in [5.41, 5.74) is 5.08. The molecule has 3 fully saturated rings. The van der Waals surface area contributed by atoms with E-state index in [9.17, 15) is 9.90 Å². The van der Waals surface area contributed by atoms with Gasteiger partial charge in [-0.2, -0.15) is 0 Å². The van der Waals surface area contributed by atoms with Crippen LogP contribution < -0.4 is 5.32 Å². The number of carbonyl (C=O) groups is 1. The van der Waals surface area contributed by atoms with Gasteiger partial charge < -0.3 is 24.8 Å². The number of fused-ring (bicyclic) bond motifs is 1. The van der Waals surface area contributed by atoms with Crippen LogP contribution in [-0.4, -0.2) is 75.7 Å². The summed E-state index contributed by atoms with van der Waals surface area (Å²) >= 11 is 0. The predicted octanol–water partition coefficient (Wildman–Crippen LogP) is 5.73. The minimum absolute atomic E-state index is 0.00633. The van der Waals surface area contributed by atoms with Gasteiger partial charge in [-0.15, -0.1) is 0 Å². The van der Waals surface area contributed by atoms with Crippen LogP contribution in [0.15, 0.2) is 79.0 Å². The number of para-hydroxylation sites is 2. The van der Waals surface area contributed by atoms with Gasteiger partial charge in [-0.25, -0.2) is 4.98 Å². The first-order valence-electron chi connectivity index (χ1n) is 16.6. The third kappa shape index (κ3) is 6.84. The average Bonchev–Trinajstić information content (AvgIpc) is 3.78. The van der Waals surface area contributed by atoms with Crippen molar-refractivity contribution in [2.45, 2.75) is 63.8 Å². The normalized spacial score (nSPS) is 25.7. The van der Waals surface area contributed by atoms with Crippen molar-refractivity contribution in [1.29, 1.82) is 0 Å². The van der Waals surface area contributed by atoms with E-state index in [0.29, 0.717) is 17.2 Å². The van der Waals surface area contributed by atoms with Gasteiger partial charge in [0.2, 0.25) is 0 Å². The SMILES string of the molecule is CC1C(CN2CCCC2CN2CCCC2)OC(c2cccc(NC(=O)c3cnc4ccccc4n3)c2)OC1c1ccc(CO)cc1. The summed E-state index contributed by atoms with van der Waals surface area (Å²) in [6.45, 7) is 7.72. The molecule has 5 atom stereocenters. The fraction of sp³-hybridized carbons (Fsp3) is 0.432. The molecular weight excluding hydrogens is 578 g/mol. The maximum Gasteiger partial charge on any atom is 0.275 e. The van der Waals surface area contributed by atoms with Crippen LogP contribution in [0.3, 0.4) is 0 Å². The molecule has 1 amide bonds. The predicted molar refractivity (Wildman–Crippen MR) is 177 cm³/mol. The van der Waals surface area contributed by atoms with E-state index in [1.807, 2.05) is 60.7 Å². The summed E-state index contributed by atoms with van der Waals surface area (Å²) in [4.78, 5) is 27.3. The van der Waals surface area contributed by atoms with Crippen molar-refractivity contribution in [3.8, 4) is 0 Å². The number of aliphatic hydroxyl groups excluding tert-OH is 1. The van der Waals surface area contributed by atoms with Crippen LogP contribution in [0.25, 0.3) is 11.0 Å². The lowest BCUT2D eigenvalue weighted by Crippen LogP contribution is -2.48. The number of carbonyl (C=O) groups excluding carboxylic acids is 1. The Hall–Kier alpha value is -3.73. The Kier molecular flexibility index (Phi) is 9.37. The zero-order chi connectivity index (χ0) is 31.5. The van der Waals surface area contributed by atoms with E-state index in [0.717, 1.165) is 41.8 Å². The standard InChI is InChI=1S/C37H43N5O4/c1-25-34(23-42-19-7-10-30(42)22-41-17-4-5-18-41)45-37(46-35(25)27-15-13-26(24-43)14-16-27)28-8-6-9-29(20-28)39-36(44)33-21-38-31-11-2-3-12-32(31)40-33/h2-3,6,8-9,11-16,20-21,25,30,34-35,37,43H,4-5,7,10,17-19,22-24H2,1H3,(H,39,44). The van der Waals surface area contributed by atoms with Crippen LogP contribution in [0.2, 0.25) is 0 Å². The van der Waals surface area contributed by atoms with E-state index < -0.39 is 6.29 Å². The van der Waals surface area contributed by atoms with Crippen LogP contribution >= 0.6 is 0 Å². The molecule has 0 aliphatic carbocycles. The molecule has 9 nitrogen and oxygen atoms in total. The molecule has 46 heavy (non-hydrogen) atoms. The van der Waals surface area contributed by atoms with Crippen molar-refractivity contribution < 1.29 is 19.4 Å². The van der Waals surface area contributed by atoms with Gasteiger partial charge in [0, 0.05) is 36.3 Å². The fourth-order valence-corrected chi connectivity index (χ4v) is 7.19. The smallest absolute Gasteiger partial charge is 0.275 e. The van der Waals surface area contributed by atoms with Crippen molar-refractivity contribution in [2.75, 3.05) is 38.0 Å². The maximum absolute atomic E-state index is 13.2. The van der Waals surface area contributed by atoms with Gasteiger partial charge in [-0.05, 0) is 80.7 Å². The van der Waals surface area contributed by atoms with Crippen molar-refractivity contribution in [1.82, 2.24) is 19.8 Å². The first kappa shape index (κ1) is 30.9. The van der Waals surface area contributed by atoms with Gasteiger partial charge in [0.25, 0.3) is 5.91 Å². The number of nitrogens with zero attached hydrogens (tertiary/aromatic N) is 4. The molecule has 2 N–H and O–H groups in total. The second-order valence-corrected chi connectivity index (χ2v) is 12.9. The fourth-order valence-electron chi connectivity index (χ4n) is 7.19. The van der Waals surface area contributed by atoms with Gasteiger partial charge in [0.15, 0.2) is 6.29 Å². The number of anilines is 1. The second-order valence-electron chi connectivity index (χ2n) is 12.9. The first-order valence-corrected chi connectivity index (χ1v) is 16.6. The van der Waals surface area contributed by atoms with Gasteiger partial charge >= 0.3 is 0 Å². The summed E-state index contributed by atoms with van der Waals surface area (Å²) in [7, 11) is 0. The number of hydrogen-bond acceptors (Lipinski definition) is 8. The largest absolute Gasteiger partial charge is 0.392 e. The molecule has 9 heteroatoms. The van der Waals surface area contributed by atoms with Gasteiger partial charge in [-0.1, -0.05) is 55.5 Å². The van der Waals surface area contributed by atoms with E-state index in [2.05, 4.69) is 44.1 Å². The molecule has 5 unspecified atom stereocenters. The van der Waals surface area contributed by atoms with Crippen molar-refractivity contribution >= 4 is 22.6 Å². The Morgan fingerprint density at radius 3 is 2.52 bits per heavy atom. The highest BCUT2D eigenvalue weighted by Gasteiger charge is 2.41. The Morgan fingerprint density at radius 1 is 0.913 bits per heavy atom. The topological polar surface area (TPSA) is 100 Å². The first-order chi connectivity index (χ1) is 22.5. The molecule has 0 radical (unpaired) electrons. The Morgan fingerprint density at radius 2 is 1.72 bits per heavy atom. The maximum atomic E-state index is 13.2. The van der Waals surface area contributed by atoms with E-state index in [4.69, 9.17) is 9.47 Å². The lowest BCUT2D eigenvalue weighted by Gasteiger charge is -2.43. The van der Waals surface area contributed by atoms with E-state index in [-0.39, 0.29) is 36.3 Å². The van der Waals surface area contributed by atoms with Gasteiger partial charge in [-0.3, -0.25) is 14.7 Å². The van der Waals surface area contributed by atoms with Gasteiger partial charge in [0.1, 0.15) is 5.69 Å².